The van der Waals surface area contributed by atoms with E-state index in [1.54, 1.807) is 4.88 Å². The van der Waals surface area contributed by atoms with E-state index in [-0.39, 0.29) is 0 Å². The first-order valence-electron chi connectivity index (χ1n) is 5.63. The van der Waals surface area contributed by atoms with Crippen LogP contribution in [0.15, 0.2) is 12.1 Å². The van der Waals surface area contributed by atoms with Crippen molar-refractivity contribution in [2.75, 3.05) is 5.33 Å². The molecule has 1 fully saturated rings. The van der Waals surface area contributed by atoms with Crippen LogP contribution in [-0.4, -0.2) is 5.33 Å². The average molecular weight is 287 g/mol. The zero-order valence-electron chi connectivity index (χ0n) is 9.93. The second-order valence-electron chi connectivity index (χ2n) is 5.25. The molecule has 1 aliphatic carbocycles. The molecule has 2 rings (SSSR count). The molecule has 0 amide bonds. The fourth-order valence-electron chi connectivity index (χ4n) is 2.79. The van der Waals surface area contributed by atoms with E-state index >= 15 is 0 Å². The molecule has 1 aliphatic rings. The zero-order valence-corrected chi connectivity index (χ0v) is 12.3. The first-order valence-corrected chi connectivity index (χ1v) is 7.57. The minimum absolute atomic E-state index is 0.397. The summed E-state index contributed by atoms with van der Waals surface area (Å²) in [6.07, 6.45) is 1.17. The third-order valence-corrected chi connectivity index (χ3v) is 6.61. The standard InChI is InChI=1S/C13H19BrS/c1-5-9-6-7-11(15-9)13(4)10(8-14)12(13,2)3/h6-7,10H,5,8H2,1-4H3. The first-order chi connectivity index (χ1) is 6.98. The Morgan fingerprint density at radius 1 is 1.33 bits per heavy atom. The van der Waals surface area contributed by atoms with Gasteiger partial charge >= 0.3 is 0 Å². The van der Waals surface area contributed by atoms with Gasteiger partial charge in [-0.1, -0.05) is 43.6 Å². The van der Waals surface area contributed by atoms with Crippen molar-refractivity contribution in [3.63, 3.8) is 0 Å². The molecule has 0 nitrogen and oxygen atoms in total. The van der Waals surface area contributed by atoms with Gasteiger partial charge in [0.05, 0.1) is 0 Å². The van der Waals surface area contributed by atoms with Gasteiger partial charge in [0.25, 0.3) is 0 Å². The van der Waals surface area contributed by atoms with Crippen molar-refractivity contribution >= 4 is 27.3 Å². The Bertz CT molecular complexity index is 366. The third-order valence-electron chi connectivity index (χ3n) is 4.50. The molecule has 2 heteroatoms. The number of alkyl halides is 1. The average Bonchev–Trinajstić information content (AvgIpc) is 2.60. The summed E-state index contributed by atoms with van der Waals surface area (Å²) in [6.45, 7) is 9.44. The molecule has 2 unspecified atom stereocenters. The smallest absolute Gasteiger partial charge is 0.0116 e. The molecule has 0 aliphatic heterocycles. The lowest BCUT2D eigenvalue weighted by atomic mass is 9.96. The number of halogens is 1. The fraction of sp³-hybridized carbons (Fsp3) is 0.692. The van der Waals surface area contributed by atoms with Crippen LogP contribution >= 0.6 is 27.3 Å². The number of thiophene rings is 1. The van der Waals surface area contributed by atoms with E-state index in [4.69, 9.17) is 0 Å². The van der Waals surface area contributed by atoms with Gasteiger partial charge in [0.1, 0.15) is 0 Å². The highest BCUT2D eigenvalue weighted by atomic mass is 79.9. The van der Waals surface area contributed by atoms with Crippen LogP contribution in [0, 0.1) is 11.3 Å². The Morgan fingerprint density at radius 3 is 2.40 bits per heavy atom. The highest BCUT2D eigenvalue weighted by Crippen LogP contribution is 2.70. The third kappa shape index (κ3) is 1.44. The highest BCUT2D eigenvalue weighted by molar-refractivity contribution is 9.09. The van der Waals surface area contributed by atoms with Crippen molar-refractivity contribution in [1.29, 1.82) is 0 Å². The van der Waals surface area contributed by atoms with E-state index in [2.05, 4.69) is 55.8 Å². The SMILES string of the molecule is CCc1ccc(C2(C)C(CBr)C2(C)C)s1. The summed E-state index contributed by atoms with van der Waals surface area (Å²) in [4.78, 5) is 3.09. The molecular weight excluding hydrogens is 268 g/mol. The van der Waals surface area contributed by atoms with Crippen molar-refractivity contribution < 1.29 is 0 Å². The Hall–Kier alpha value is 0.180. The lowest BCUT2D eigenvalue weighted by molar-refractivity contribution is 0.527. The fourth-order valence-corrected chi connectivity index (χ4v) is 5.56. The summed E-state index contributed by atoms with van der Waals surface area (Å²) in [5.41, 5.74) is 0.848. The Balaban J connectivity index is 2.32. The summed E-state index contributed by atoms with van der Waals surface area (Å²) < 4.78 is 0. The topological polar surface area (TPSA) is 0 Å². The summed E-state index contributed by atoms with van der Waals surface area (Å²) in [7, 11) is 0. The van der Waals surface area contributed by atoms with E-state index in [0.717, 1.165) is 11.2 Å². The van der Waals surface area contributed by atoms with Gasteiger partial charge in [0.15, 0.2) is 0 Å². The monoisotopic (exact) mass is 286 g/mol. The van der Waals surface area contributed by atoms with E-state index in [0.29, 0.717) is 10.8 Å². The maximum absolute atomic E-state index is 3.65. The molecule has 15 heavy (non-hydrogen) atoms. The van der Waals surface area contributed by atoms with E-state index in [1.807, 2.05) is 11.3 Å². The first kappa shape index (κ1) is 11.7. The Labute approximate surface area is 105 Å². The van der Waals surface area contributed by atoms with Crippen molar-refractivity contribution in [3.05, 3.63) is 21.9 Å². The van der Waals surface area contributed by atoms with E-state index in [1.165, 1.54) is 11.3 Å². The summed E-state index contributed by atoms with van der Waals surface area (Å²) >= 11 is 5.66. The van der Waals surface area contributed by atoms with Crippen LogP contribution in [0.5, 0.6) is 0 Å². The maximum atomic E-state index is 3.65. The molecule has 1 heterocycles. The Morgan fingerprint density at radius 2 is 2.00 bits per heavy atom. The number of hydrogen-bond donors (Lipinski definition) is 0. The number of rotatable bonds is 3. The van der Waals surface area contributed by atoms with Crippen molar-refractivity contribution in [1.82, 2.24) is 0 Å². The summed E-state index contributed by atoms with van der Waals surface area (Å²) in [6, 6.07) is 4.64. The molecule has 0 radical (unpaired) electrons. The quantitative estimate of drug-likeness (QED) is 0.712. The van der Waals surface area contributed by atoms with Crippen LogP contribution in [0.4, 0.5) is 0 Å². The molecule has 0 N–H and O–H groups in total. The van der Waals surface area contributed by atoms with Gasteiger partial charge in [0.2, 0.25) is 0 Å². The second kappa shape index (κ2) is 3.59. The lowest BCUT2D eigenvalue weighted by Crippen LogP contribution is -2.07. The lowest BCUT2D eigenvalue weighted by Gasteiger charge is -2.12. The van der Waals surface area contributed by atoms with Gasteiger partial charge in [-0.25, -0.2) is 0 Å². The van der Waals surface area contributed by atoms with Crippen LogP contribution in [-0.2, 0) is 11.8 Å². The number of hydrogen-bond acceptors (Lipinski definition) is 1. The Kier molecular flexibility index (Phi) is 2.79. The zero-order chi connectivity index (χ0) is 11.3. The second-order valence-corrected chi connectivity index (χ2v) is 7.07. The van der Waals surface area contributed by atoms with Crippen LogP contribution in [0.25, 0.3) is 0 Å². The van der Waals surface area contributed by atoms with Gasteiger partial charge in [-0.05, 0) is 29.9 Å². The van der Waals surface area contributed by atoms with Crippen LogP contribution in [0.1, 0.15) is 37.4 Å². The van der Waals surface area contributed by atoms with Gasteiger partial charge in [-0.15, -0.1) is 11.3 Å². The van der Waals surface area contributed by atoms with E-state index < -0.39 is 0 Å². The van der Waals surface area contributed by atoms with Gasteiger partial charge in [-0.2, -0.15) is 0 Å². The van der Waals surface area contributed by atoms with Crippen LogP contribution in [0.2, 0.25) is 0 Å². The van der Waals surface area contributed by atoms with Crippen LogP contribution in [0.3, 0.4) is 0 Å². The van der Waals surface area contributed by atoms with E-state index in [9.17, 15) is 0 Å². The van der Waals surface area contributed by atoms with Crippen molar-refractivity contribution in [2.45, 2.75) is 39.5 Å². The van der Waals surface area contributed by atoms with Crippen LogP contribution < -0.4 is 0 Å². The predicted octanol–water partition coefficient (Wildman–Crippen LogP) is 4.62. The van der Waals surface area contributed by atoms with Gasteiger partial charge in [0, 0.05) is 20.5 Å². The molecule has 1 saturated carbocycles. The van der Waals surface area contributed by atoms with Crippen molar-refractivity contribution in [3.8, 4) is 0 Å². The van der Waals surface area contributed by atoms with Crippen molar-refractivity contribution in [2.24, 2.45) is 11.3 Å². The van der Waals surface area contributed by atoms with Gasteiger partial charge in [-0.3, -0.25) is 0 Å². The molecule has 0 bridgehead atoms. The molecule has 0 saturated heterocycles. The minimum Gasteiger partial charge on any atom is -0.145 e. The molecule has 0 aromatic carbocycles. The highest BCUT2D eigenvalue weighted by Gasteiger charge is 2.68. The largest absolute Gasteiger partial charge is 0.145 e. The number of aryl methyl sites for hydroxylation is 1. The maximum Gasteiger partial charge on any atom is 0.0116 e. The molecule has 1 aromatic heterocycles. The molecule has 2 atom stereocenters. The minimum atomic E-state index is 0.397. The molecule has 1 aromatic rings. The molecule has 0 spiro atoms. The molecular formula is C13H19BrS. The summed E-state index contributed by atoms with van der Waals surface area (Å²) in [5.74, 6) is 0.786. The van der Waals surface area contributed by atoms with Gasteiger partial charge < -0.3 is 0 Å². The predicted molar refractivity (Wildman–Crippen MR) is 72.1 cm³/mol. The normalized spacial score (nSPS) is 33.0. The molecule has 84 valence electrons. The summed E-state index contributed by atoms with van der Waals surface area (Å²) in [5, 5.41) is 1.12.